The first-order valence-electron chi connectivity index (χ1n) is 20.8. The highest BCUT2D eigenvalue weighted by Crippen LogP contribution is 2.41. The minimum atomic E-state index is -0.620. The fourth-order valence-corrected chi connectivity index (χ4v) is 6.50. The SMILES string of the molecule is [2H]c1c([2H])c([2H])c(-c2nc(-c3c([2H])c([2H])c([2H])c([2H])c3[2H])nc(-c3cccc4oc5ccc(-c6ccc7c(c6)oc6cccc(-c8ccccc8)c67)cc5c34)n2)c([2H])c1[2H]. The Morgan fingerprint density at radius 3 is 1.66 bits per heavy atom. The summed E-state index contributed by atoms with van der Waals surface area (Å²) in [6, 6.07) is 27.2. The predicted octanol–water partition coefficient (Wildman–Crippen LogP) is 12.0. The number of benzene rings is 7. The van der Waals surface area contributed by atoms with Crippen LogP contribution in [0.1, 0.15) is 13.7 Å². The number of fused-ring (bicyclic) bond motifs is 6. The van der Waals surface area contributed by atoms with Gasteiger partial charge in [-0.2, -0.15) is 0 Å². The maximum absolute atomic E-state index is 8.70. The second-order valence-electron chi connectivity index (χ2n) is 11.7. The lowest BCUT2D eigenvalue weighted by atomic mass is 9.97. The van der Waals surface area contributed by atoms with Gasteiger partial charge in [0.05, 0.1) is 13.7 Å². The molecule has 0 unspecified atom stereocenters. The predicted molar refractivity (Wildman–Crippen MR) is 202 cm³/mol. The Kier molecular flexibility index (Phi) is 4.52. The van der Waals surface area contributed by atoms with Crippen LogP contribution in [0.3, 0.4) is 0 Å². The van der Waals surface area contributed by atoms with Crippen LogP contribution >= 0.6 is 0 Å². The number of rotatable bonds is 5. The standard InChI is InChI=1S/C45H27N3O2/c1-4-12-28(13-5-1)33-18-10-20-38-41(33)34-24-22-32(27-40(34)50-38)31-23-25-37-36(26-31)42-35(19-11-21-39(42)49-37)45-47-43(29-14-6-2-7-15-29)46-44(48-45)30-16-8-3-9-17-30/h1-27H/i2D,3D,6D,7D,8D,9D,14D,15D,16D,17D. The molecule has 3 aromatic heterocycles. The molecule has 5 nitrogen and oxygen atoms in total. The Morgan fingerprint density at radius 1 is 0.380 bits per heavy atom. The fourth-order valence-electron chi connectivity index (χ4n) is 6.50. The molecule has 234 valence electrons. The van der Waals surface area contributed by atoms with Crippen molar-refractivity contribution in [3.63, 3.8) is 0 Å². The Morgan fingerprint density at radius 2 is 0.960 bits per heavy atom. The van der Waals surface area contributed by atoms with E-state index in [0.29, 0.717) is 33.1 Å². The monoisotopic (exact) mass is 651 g/mol. The zero-order valence-electron chi connectivity index (χ0n) is 36.0. The molecule has 0 amide bonds. The van der Waals surface area contributed by atoms with Crippen molar-refractivity contribution in [2.45, 2.75) is 0 Å². The van der Waals surface area contributed by atoms with Crippen molar-refractivity contribution in [3.8, 4) is 56.4 Å². The van der Waals surface area contributed by atoms with Gasteiger partial charge in [-0.1, -0.05) is 127 Å². The van der Waals surface area contributed by atoms with Crippen molar-refractivity contribution < 1.29 is 22.5 Å². The lowest BCUT2D eigenvalue weighted by molar-refractivity contribution is 0.669. The molecule has 5 heteroatoms. The van der Waals surface area contributed by atoms with Crippen molar-refractivity contribution in [2.24, 2.45) is 0 Å². The molecule has 10 aromatic rings. The number of aromatic nitrogens is 3. The molecule has 0 N–H and O–H groups in total. The van der Waals surface area contributed by atoms with Crippen LogP contribution < -0.4 is 0 Å². The third-order valence-corrected chi connectivity index (χ3v) is 8.73. The summed E-state index contributed by atoms with van der Waals surface area (Å²) in [6.45, 7) is 0. The molecule has 0 radical (unpaired) electrons. The zero-order valence-corrected chi connectivity index (χ0v) is 26.0. The van der Waals surface area contributed by atoms with Crippen LogP contribution in [-0.2, 0) is 0 Å². The molecule has 0 fully saturated rings. The lowest BCUT2D eigenvalue weighted by Gasteiger charge is -2.09. The van der Waals surface area contributed by atoms with E-state index < -0.39 is 60.4 Å². The van der Waals surface area contributed by atoms with Gasteiger partial charge in [0, 0.05) is 38.2 Å². The van der Waals surface area contributed by atoms with E-state index >= 15 is 0 Å². The summed E-state index contributed by atoms with van der Waals surface area (Å²) < 4.78 is 97.1. The summed E-state index contributed by atoms with van der Waals surface area (Å²) in [4.78, 5) is 13.7. The second kappa shape index (κ2) is 11.4. The lowest BCUT2D eigenvalue weighted by Crippen LogP contribution is -2.00. The van der Waals surface area contributed by atoms with E-state index in [-0.39, 0.29) is 28.6 Å². The van der Waals surface area contributed by atoms with Crippen LogP contribution in [0, 0.1) is 0 Å². The quantitative estimate of drug-likeness (QED) is 0.185. The van der Waals surface area contributed by atoms with Crippen LogP contribution in [-0.4, -0.2) is 15.0 Å². The van der Waals surface area contributed by atoms with Crippen LogP contribution in [0.25, 0.3) is 100 Å². The van der Waals surface area contributed by atoms with E-state index in [1.807, 2.05) is 60.7 Å². The Labute approximate surface area is 301 Å². The normalized spacial score (nSPS) is 14.4. The van der Waals surface area contributed by atoms with Gasteiger partial charge in [-0.25, -0.2) is 15.0 Å². The van der Waals surface area contributed by atoms with Crippen molar-refractivity contribution in [3.05, 3.63) is 164 Å². The minimum absolute atomic E-state index is 0.0507. The highest BCUT2D eigenvalue weighted by atomic mass is 16.3. The van der Waals surface area contributed by atoms with Gasteiger partial charge >= 0.3 is 0 Å². The summed E-state index contributed by atoms with van der Waals surface area (Å²) in [5.41, 5.74) is 6.09. The average molecular weight is 652 g/mol. The van der Waals surface area contributed by atoms with Crippen LogP contribution in [0.2, 0.25) is 0 Å². The first-order chi connectivity index (χ1) is 28.9. The summed E-state index contributed by atoms with van der Waals surface area (Å²) in [6.07, 6.45) is 0. The largest absolute Gasteiger partial charge is 0.456 e. The number of nitrogens with zero attached hydrogens (tertiary/aromatic N) is 3. The van der Waals surface area contributed by atoms with Gasteiger partial charge in [0.15, 0.2) is 17.5 Å². The van der Waals surface area contributed by atoms with Crippen LogP contribution in [0.4, 0.5) is 0 Å². The Bertz CT molecular complexity index is 3310. The maximum Gasteiger partial charge on any atom is 0.164 e. The molecule has 50 heavy (non-hydrogen) atoms. The van der Waals surface area contributed by atoms with Crippen molar-refractivity contribution in [1.29, 1.82) is 0 Å². The van der Waals surface area contributed by atoms with Gasteiger partial charge in [-0.3, -0.25) is 0 Å². The fraction of sp³-hybridized carbons (Fsp3) is 0. The van der Waals surface area contributed by atoms with Gasteiger partial charge in [-0.05, 0) is 58.7 Å². The van der Waals surface area contributed by atoms with Crippen molar-refractivity contribution in [1.82, 2.24) is 15.0 Å². The summed E-state index contributed by atoms with van der Waals surface area (Å²) in [7, 11) is 0. The van der Waals surface area contributed by atoms with E-state index in [9.17, 15) is 0 Å². The van der Waals surface area contributed by atoms with E-state index in [0.717, 1.165) is 38.6 Å². The molecule has 0 saturated heterocycles. The van der Waals surface area contributed by atoms with E-state index in [2.05, 4.69) is 39.2 Å². The summed E-state index contributed by atoms with van der Waals surface area (Å²) >= 11 is 0. The van der Waals surface area contributed by atoms with Crippen molar-refractivity contribution >= 4 is 43.9 Å². The van der Waals surface area contributed by atoms with E-state index in [1.165, 1.54) is 0 Å². The third kappa shape index (κ3) is 4.67. The molecular weight excluding hydrogens is 615 g/mol. The van der Waals surface area contributed by atoms with Gasteiger partial charge in [0.1, 0.15) is 22.3 Å². The van der Waals surface area contributed by atoms with E-state index in [1.54, 1.807) is 18.2 Å². The molecule has 7 aromatic carbocycles. The molecule has 3 heterocycles. The van der Waals surface area contributed by atoms with Crippen molar-refractivity contribution in [2.75, 3.05) is 0 Å². The smallest absolute Gasteiger partial charge is 0.164 e. The van der Waals surface area contributed by atoms with Crippen LogP contribution in [0.5, 0.6) is 0 Å². The molecular formula is C45H27N3O2. The molecule has 0 bridgehead atoms. The molecule has 10 rings (SSSR count). The second-order valence-corrected chi connectivity index (χ2v) is 11.7. The molecule has 0 aliphatic heterocycles. The highest BCUT2D eigenvalue weighted by Gasteiger charge is 2.19. The zero-order chi connectivity index (χ0) is 41.7. The average Bonchev–Trinajstić information content (AvgIpc) is 3.84. The minimum Gasteiger partial charge on any atom is -0.456 e. The summed E-state index contributed by atoms with van der Waals surface area (Å²) in [5.74, 6) is -0.747. The third-order valence-electron chi connectivity index (χ3n) is 8.73. The first kappa shape index (κ1) is 19.8. The molecule has 0 spiro atoms. The van der Waals surface area contributed by atoms with Gasteiger partial charge in [0.2, 0.25) is 0 Å². The highest BCUT2D eigenvalue weighted by molar-refractivity contribution is 6.14. The van der Waals surface area contributed by atoms with Gasteiger partial charge in [0.25, 0.3) is 0 Å². The topological polar surface area (TPSA) is 65.0 Å². The molecule has 0 atom stereocenters. The van der Waals surface area contributed by atoms with Crippen LogP contribution in [0.15, 0.2) is 172 Å². The Hall–Kier alpha value is -6.85. The van der Waals surface area contributed by atoms with E-state index in [4.69, 9.17) is 22.5 Å². The molecule has 0 aliphatic rings. The number of furan rings is 2. The van der Waals surface area contributed by atoms with Gasteiger partial charge in [-0.15, -0.1) is 0 Å². The molecule has 0 saturated carbocycles. The maximum atomic E-state index is 8.70. The Balaban J connectivity index is 1.19. The first-order valence-corrected chi connectivity index (χ1v) is 15.8. The number of hydrogen-bond donors (Lipinski definition) is 0. The van der Waals surface area contributed by atoms with Gasteiger partial charge < -0.3 is 8.83 Å². The molecule has 0 aliphatic carbocycles. The number of hydrogen-bond acceptors (Lipinski definition) is 5. The summed E-state index contributed by atoms with van der Waals surface area (Å²) in [5, 5.41) is 3.26.